The van der Waals surface area contributed by atoms with Crippen LogP contribution in [0, 0.1) is 13.8 Å². The van der Waals surface area contributed by atoms with Gasteiger partial charge in [0.1, 0.15) is 0 Å². The maximum atomic E-state index is 5.21. The lowest BCUT2D eigenvalue weighted by Gasteiger charge is -2.01. The van der Waals surface area contributed by atoms with Gasteiger partial charge in [0.2, 0.25) is 0 Å². The van der Waals surface area contributed by atoms with Crippen LogP contribution >= 0.6 is 0 Å². The normalized spacial score (nSPS) is 10.1. The first-order valence-corrected chi connectivity index (χ1v) is 4.66. The second kappa shape index (κ2) is 4.64. The molecule has 0 saturated heterocycles. The van der Waals surface area contributed by atoms with E-state index in [9.17, 15) is 0 Å². The molecule has 1 rings (SSSR count). The van der Waals surface area contributed by atoms with Crippen molar-refractivity contribution in [3.8, 4) is 0 Å². The van der Waals surface area contributed by atoms with E-state index in [-0.39, 0.29) is 5.96 Å². The molecule has 0 aliphatic rings. The molecule has 5 heteroatoms. The van der Waals surface area contributed by atoms with Crippen molar-refractivity contribution < 1.29 is 0 Å². The number of aliphatic imine (C=N–C) groups is 1. The van der Waals surface area contributed by atoms with Crippen molar-refractivity contribution in [2.24, 2.45) is 16.5 Å². The third-order valence-electron chi connectivity index (χ3n) is 1.93. The number of hydrogen-bond donors (Lipinski definition) is 2. The van der Waals surface area contributed by atoms with Gasteiger partial charge >= 0.3 is 0 Å². The lowest BCUT2D eigenvalue weighted by Crippen LogP contribution is -2.23. The number of nitrogens with zero attached hydrogens (tertiary/aromatic N) is 3. The SMILES string of the molecule is Cc1cc(C)n(CCCN=C(N)N)n1. The van der Waals surface area contributed by atoms with E-state index in [0.29, 0.717) is 6.54 Å². The Morgan fingerprint density at radius 1 is 1.50 bits per heavy atom. The number of aromatic nitrogens is 2. The Kier molecular flexibility index (Phi) is 3.50. The Balaban J connectivity index is 2.38. The smallest absolute Gasteiger partial charge is 0.185 e. The van der Waals surface area contributed by atoms with E-state index >= 15 is 0 Å². The van der Waals surface area contributed by atoms with Gasteiger partial charge in [-0.25, -0.2) is 0 Å². The molecule has 0 aromatic carbocycles. The summed E-state index contributed by atoms with van der Waals surface area (Å²) >= 11 is 0. The zero-order chi connectivity index (χ0) is 10.6. The molecule has 0 radical (unpaired) electrons. The molecule has 0 unspecified atom stereocenters. The highest BCUT2D eigenvalue weighted by Crippen LogP contribution is 2.02. The fourth-order valence-corrected chi connectivity index (χ4v) is 1.33. The minimum atomic E-state index is 0.151. The summed E-state index contributed by atoms with van der Waals surface area (Å²) < 4.78 is 1.97. The first-order chi connectivity index (χ1) is 6.59. The van der Waals surface area contributed by atoms with Crippen LogP contribution in [0.25, 0.3) is 0 Å². The summed E-state index contributed by atoms with van der Waals surface area (Å²) in [5, 5.41) is 4.33. The highest BCUT2D eigenvalue weighted by Gasteiger charge is 1.99. The Morgan fingerprint density at radius 2 is 2.21 bits per heavy atom. The second-order valence-electron chi connectivity index (χ2n) is 3.31. The molecule has 0 saturated carbocycles. The monoisotopic (exact) mass is 195 g/mol. The summed E-state index contributed by atoms with van der Waals surface area (Å²) in [7, 11) is 0. The molecule has 4 N–H and O–H groups in total. The van der Waals surface area contributed by atoms with Gasteiger partial charge in [0.15, 0.2) is 5.96 Å². The molecule has 0 atom stereocenters. The number of guanidine groups is 1. The summed E-state index contributed by atoms with van der Waals surface area (Å²) in [6.45, 7) is 5.54. The van der Waals surface area contributed by atoms with Crippen LogP contribution in [0.3, 0.4) is 0 Å². The number of hydrogen-bond acceptors (Lipinski definition) is 2. The third kappa shape index (κ3) is 3.08. The van der Waals surface area contributed by atoms with Crippen LogP contribution in [-0.2, 0) is 6.54 Å². The van der Waals surface area contributed by atoms with Crippen molar-refractivity contribution in [3.05, 3.63) is 17.5 Å². The highest BCUT2D eigenvalue weighted by molar-refractivity contribution is 5.75. The summed E-state index contributed by atoms with van der Waals surface area (Å²) in [6.07, 6.45) is 0.903. The summed E-state index contributed by atoms with van der Waals surface area (Å²) in [4.78, 5) is 3.91. The van der Waals surface area contributed by atoms with Crippen molar-refractivity contribution in [2.75, 3.05) is 6.54 Å². The Labute approximate surface area is 83.8 Å². The molecule has 14 heavy (non-hydrogen) atoms. The van der Waals surface area contributed by atoms with Gasteiger partial charge in [-0.05, 0) is 26.3 Å². The van der Waals surface area contributed by atoms with Gasteiger partial charge in [0, 0.05) is 18.8 Å². The van der Waals surface area contributed by atoms with Crippen LogP contribution in [0.5, 0.6) is 0 Å². The molecule has 1 aromatic heterocycles. The standard InChI is InChI=1S/C9H17N5/c1-7-6-8(2)14(13-7)5-3-4-12-9(10)11/h6H,3-5H2,1-2H3,(H4,10,11,12). The van der Waals surface area contributed by atoms with Gasteiger partial charge in [0.25, 0.3) is 0 Å². The Hall–Kier alpha value is -1.52. The molecule has 1 aromatic rings. The van der Waals surface area contributed by atoms with Crippen LogP contribution in [0.1, 0.15) is 17.8 Å². The maximum absolute atomic E-state index is 5.21. The maximum Gasteiger partial charge on any atom is 0.185 e. The first-order valence-electron chi connectivity index (χ1n) is 4.66. The number of aryl methyl sites for hydroxylation is 3. The number of rotatable bonds is 4. The van der Waals surface area contributed by atoms with Gasteiger partial charge in [0.05, 0.1) is 5.69 Å². The summed E-state index contributed by atoms with van der Waals surface area (Å²) in [5.74, 6) is 0.151. The van der Waals surface area contributed by atoms with Gasteiger partial charge < -0.3 is 11.5 Å². The van der Waals surface area contributed by atoms with Crippen molar-refractivity contribution >= 4 is 5.96 Å². The van der Waals surface area contributed by atoms with Crippen LogP contribution in [0.2, 0.25) is 0 Å². The van der Waals surface area contributed by atoms with Gasteiger partial charge in [-0.2, -0.15) is 5.10 Å². The highest BCUT2D eigenvalue weighted by atomic mass is 15.3. The summed E-state index contributed by atoms with van der Waals surface area (Å²) in [6, 6.07) is 2.06. The first kappa shape index (κ1) is 10.6. The molecule has 0 bridgehead atoms. The molecule has 78 valence electrons. The average Bonchev–Trinajstić information content (AvgIpc) is 2.39. The van der Waals surface area contributed by atoms with Crippen LogP contribution in [-0.4, -0.2) is 22.3 Å². The lowest BCUT2D eigenvalue weighted by atomic mass is 10.4. The van der Waals surface area contributed by atoms with E-state index in [0.717, 1.165) is 18.7 Å². The molecule has 0 aliphatic heterocycles. The predicted molar refractivity (Wildman–Crippen MR) is 57.0 cm³/mol. The van der Waals surface area contributed by atoms with Crippen LogP contribution in [0.15, 0.2) is 11.1 Å². The molecular weight excluding hydrogens is 178 g/mol. The largest absolute Gasteiger partial charge is 0.370 e. The zero-order valence-electron chi connectivity index (χ0n) is 8.70. The molecule has 5 nitrogen and oxygen atoms in total. The zero-order valence-corrected chi connectivity index (χ0v) is 8.70. The molecule has 1 heterocycles. The molecule has 0 aliphatic carbocycles. The molecule has 0 spiro atoms. The van der Waals surface area contributed by atoms with E-state index in [1.807, 2.05) is 18.5 Å². The van der Waals surface area contributed by atoms with Gasteiger partial charge in [-0.3, -0.25) is 9.67 Å². The summed E-state index contributed by atoms with van der Waals surface area (Å²) in [5.41, 5.74) is 12.6. The van der Waals surface area contributed by atoms with Crippen molar-refractivity contribution in [3.63, 3.8) is 0 Å². The van der Waals surface area contributed by atoms with Crippen molar-refractivity contribution in [1.82, 2.24) is 9.78 Å². The fourth-order valence-electron chi connectivity index (χ4n) is 1.33. The Morgan fingerprint density at radius 3 is 2.71 bits per heavy atom. The van der Waals surface area contributed by atoms with E-state index in [1.165, 1.54) is 5.69 Å². The average molecular weight is 195 g/mol. The van der Waals surface area contributed by atoms with Gasteiger partial charge in [-0.1, -0.05) is 0 Å². The second-order valence-corrected chi connectivity index (χ2v) is 3.31. The van der Waals surface area contributed by atoms with E-state index < -0.39 is 0 Å². The van der Waals surface area contributed by atoms with Crippen molar-refractivity contribution in [1.29, 1.82) is 0 Å². The van der Waals surface area contributed by atoms with Gasteiger partial charge in [-0.15, -0.1) is 0 Å². The lowest BCUT2D eigenvalue weighted by molar-refractivity contribution is 0.568. The minimum absolute atomic E-state index is 0.151. The van der Waals surface area contributed by atoms with Crippen LogP contribution < -0.4 is 11.5 Å². The molecular formula is C9H17N5. The predicted octanol–water partition coefficient (Wildman–Crippen LogP) is 0.163. The third-order valence-corrected chi connectivity index (χ3v) is 1.93. The fraction of sp³-hybridized carbons (Fsp3) is 0.556. The quantitative estimate of drug-likeness (QED) is 0.408. The van der Waals surface area contributed by atoms with Crippen LogP contribution in [0.4, 0.5) is 0 Å². The van der Waals surface area contributed by atoms with E-state index in [1.54, 1.807) is 0 Å². The molecule has 0 amide bonds. The topological polar surface area (TPSA) is 82.2 Å². The minimum Gasteiger partial charge on any atom is -0.370 e. The molecule has 0 fully saturated rings. The Bertz CT molecular complexity index is 322. The van der Waals surface area contributed by atoms with Crippen molar-refractivity contribution in [2.45, 2.75) is 26.8 Å². The number of nitrogens with two attached hydrogens (primary N) is 2. The van der Waals surface area contributed by atoms with E-state index in [2.05, 4.69) is 16.2 Å². The van der Waals surface area contributed by atoms with E-state index in [4.69, 9.17) is 11.5 Å².